The molecule has 2 amide bonds. The standard InChI is InChI=1S/C10H12F2N2O3S/c1-5(15)14-8-3-2-7(18-8)10(17)13-4-6(16)9(11)12/h2-3,6,9,16H,4H2,1H3,(H,13,17)(H,14,15). The second kappa shape index (κ2) is 6.41. The van der Waals surface area contributed by atoms with Crippen LogP contribution in [0.15, 0.2) is 12.1 Å². The van der Waals surface area contributed by atoms with Crippen LogP contribution in [0.2, 0.25) is 0 Å². The molecule has 0 aromatic carbocycles. The van der Waals surface area contributed by atoms with Crippen molar-refractivity contribution in [3.8, 4) is 0 Å². The van der Waals surface area contributed by atoms with Gasteiger partial charge in [0.1, 0.15) is 6.10 Å². The fourth-order valence-corrected chi connectivity index (χ4v) is 1.94. The molecule has 0 saturated heterocycles. The molecule has 1 rings (SSSR count). The summed E-state index contributed by atoms with van der Waals surface area (Å²) in [4.78, 5) is 22.5. The molecule has 1 aromatic rings. The van der Waals surface area contributed by atoms with Crippen LogP contribution in [-0.2, 0) is 4.79 Å². The number of hydrogen-bond acceptors (Lipinski definition) is 4. The van der Waals surface area contributed by atoms with Gasteiger partial charge in [-0.1, -0.05) is 0 Å². The molecule has 8 heteroatoms. The van der Waals surface area contributed by atoms with E-state index in [4.69, 9.17) is 5.11 Å². The summed E-state index contributed by atoms with van der Waals surface area (Å²) in [5, 5.41) is 14.0. The molecule has 100 valence electrons. The quantitative estimate of drug-likeness (QED) is 0.753. The summed E-state index contributed by atoms with van der Waals surface area (Å²) in [6, 6.07) is 2.99. The third-order valence-electron chi connectivity index (χ3n) is 1.89. The van der Waals surface area contributed by atoms with E-state index in [1.165, 1.54) is 19.1 Å². The SMILES string of the molecule is CC(=O)Nc1ccc(C(=O)NCC(O)C(F)F)s1. The second-order valence-corrected chi connectivity index (χ2v) is 4.54. The molecule has 0 aliphatic heterocycles. The van der Waals surface area contributed by atoms with Crippen LogP contribution in [-0.4, -0.2) is 36.0 Å². The molecule has 0 spiro atoms. The maximum atomic E-state index is 12.0. The Labute approximate surface area is 106 Å². The molecule has 1 heterocycles. The van der Waals surface area contributed by atoms with Gasteiger partial charge in [0.15, 0.2) is 0 Å². The summed E-state index contributed by atoms with van der Waals surface area (Å²) in [5.74, 6) is -0.840. The number of halogens is 2. The smallest absolute Gasteiger partial charge is 0.265 e. The largest absolute Gasteiger partial charge is 0.385 e. The van der Waals surface area contributed by atoms with E-state index in [0.717, 1.165) is 11.3 Å². The van der Waals surface area contributed by atoms with Crippen LogP contribution in [0.3, 0.4) is 0 Å². The van der Waals surface area contributed by atoms with Crippen LogP contribution in [0.4, 0.5) is 13.8 Å². The topological polar surface area (TPSA) is 78.4 Å². The highest BCUT2D eigenvalue weighted by molar-refractivity contribution is 7.18. The summed E-state index contributed by atoms with van der Waals surface area (Å²) < 4.78 is 24.0. The normalized spacial score (nSPS) is 12.3. The van der Waals surface area contributed by atoms with Crippen LogP contribution in [0.25, 0.3) is 0 Å². The molecule has 0 bridgehead atoms. The van der Waals surface area contributed by atoms with Gasteiger partial charge >= 0.3 is 0 Å². The molecule has 1 atom stereocenters. The Hall–Kier alpha value is -1.54. The van der Waals surface area contributed by atoms with Crippen LogP contribution in [0, 0.1) is 0 Å². The molecule has 18 heavy (non-hydrogen) atoms. The Morgan fingerprint density at radius 1 is 1.44 bits per heavy atom. The Kier molecular flexibility index (Phi) is 5.17. The van der Waals surface area contributed by atoms with Crippen molar-refractivity contribution in [3.63, 3.8) is 0 Å². The zero-order valence-corrected chi connectivity index (χ0v) is 10.3. The van der Waals surface area contributed by atoms with E-state index in [-0.39, 0.29) is 10.8 Å². The Morgan fingerprint density at radius 2 is 2.11 bits per heavy atom. The van der Waals surface area contributed by atoms with Crippen LogP contribution in [0.1, 0.15) is 16.6 Å². The van der Waals surface area contributed by atoms with Gasteiger partial charge in [-0.15, -0.1) is 11.3 Å². The van der Waals surface area contributed by atoms with Crippen LogP contribution < -0.4 is 10.6 Å². The summed E-state index contributed by atoms with van der Waals surface area (Å²) >= 11 is 1.02. The molecule has 0 radical (unpaired) electrons. The molecule has 1 unspecified atom stereocenters. The number of aliphatic hydroxyl groups is 1. The first-order valence-corrected chi connectivity index (χ1v) is 5.83. The number of amides is 2. The minimum atomic E-state index is -2.90. The van der Waals surface area contributed by atoms with Gasteiger partial charge in [-0.25, -0.2) is 8.78 Å². The van der Waals surface area contributed by atoms with E-state index in [2.05, 4.69) is 10.6 Å². The number of hydrogen-bond donors (Lipinski definition) is 3. The van der Waals surface area contributed by atoms with Crippen molar-refractivity contribution >= 4 is 28.2 Å². The number of nitrogens with one attached hydrogen (secondary N) is 2. The lowest BCUT2D eigenvalue weighted by atomic mass is 10.3. The van der Waals surface area contributed by atoms with Gasteiger partial charge in [0.05, 0.1) is 9.88 Å². The second-order valence-electron chi connectivity index (χ2n) is 3.46. The van der Waals surface area contributed by atoms with Gasteiger partial charge in [-0.05, 0) is 12.1 Å². The summed E-state index contributed by atoms with van der Waals surface area (Å²) in [7, 11) is 0. The van der Waals surface area contributed by atoms with Crippen molar-refractivity contribution < 1.29 is 23.5 Å². The van der Waals surface area contributed by atoms with E-state index < -0.39 is 25.0 Å². The zero-order valence-electron chi connectivity index (χ0n) is 9.44. The Morgan fingerprint density at radius 3 is 2.67 bits per heavy atom. The molecule has 3 N–H and O–H groups in total. The molecular weight excluding hydrogens is 266 g/mol. The number of rotatable bonds is 5. The maximum absolute atomic E-state index is 12.0. The fraction of sp³-hybridized carbons (Fsp3) is 0.400. The van der Waals surface area contributed by atoms with Crippen molar-refractivity contribution in [1.82, 2.24) is 5.32 Å². The number of carbonyl (C=O) groups excluding carboxylic acids is 2. The lowest BCUT2D eigenvalue weighted by Crippen LogP contribution is -2.35. The summed E-state index contributed by atoms with van der Waals surface area (Å²) in [6.07, 6.45) is -4.78. The monoisotopic (exact) mass is 278 g/mol. The van der Waals surface area contributed by atoms with Crippen molar-refractivity contribution in [2.75, 3.05) is 11.9 Å². The van der Waals surface area contributed by atoms with Crippen LogP contribution in [0.5, 0.6) is 0 Å². The highest BCUT2D eigenvalue weighted by Crippen LogP contribution is 2.21. The van der Waals surface area contributed by atoms with E-state index in [9.17, 15) is 18.4 Å². The maximum Gasteiger partial charge on any atom is 0.265 e. The van der Waals surface area contributed by atoms with Gasteiger partial charge in [0.25, 0.3) is 12.3 Å². The van der Waals surface area contributed by atoms with E-state index in [1.54, 1.807) is 0 Å². The average Bonchev–Trinajstić information content (AvgIpc) is 2.72. The van der Waals surface area contributed by atoms with Crippen molar-refractivity contribution in [1.29, 1.82) is 0 Å². The first-order valence-electron chi connectivity index (χ1n) is 5.02. The number of alkyl halides is 2. The first-order chi connectivity index (χ1) is 8.40. The summed E-state index contributed by atoms with van der Waals surface area (Å²) in [5.41, 5.74) is 0. The number of anilines is 1. The van der Waals surface area contributed by atoms with Gasteiger partial charge < -0.3 is 15.7 Å². The first kappa shape index (κ1) is 14.5. The minimum absolute atomic E-state index is 0.264. The van der Waals surface area contributed by atoms with Crippen molar-refractivity contribution in [3.05, 3.63) is 17.0 Å². The predicted molar refractivity (Wildman–Crippen MR) is 63.0 cm³/mol. The summed E-state index contributed by atoms with van der Waals surface area (Å²) in [6.45, 7) is 0.808. The van der Waals surface area contributed by atoms with E-state index in [0.29, 0.717) is 5.00 Å². The molecule has 5 nitrogen and oxygen atoms in total. The Balaban J connectivity index is 2.51. The van der Waals surface area contributed by atoms with Crippen molar-refractivity contribution in [2.45, 2.75) is 19.5 Å². The zero-order chi connectivity index (χ0) is 13.7. The van der Waals surface area contributed by atoms with E-state index >= 15 is 0 Å². The van der Waals surface area contributed by atoms with Gasteiger partial charge in [-0.2, -0.15) is 0 Å². The number of thiophene rings is 1. The molecule has 0 saturated carbocycles. The molecule has 0 fully saturated rings. The predicted octanol–water partition coefficient (Wildman–Crippen LogP) is 1.06. The number of carbonyl (C=O) groups is 2. The highest BCUT2D eigenvalue weighted by atomic mass is 32.1. The highest BCUT2D eigenvalue weighted by Gasteiger charge is 2.18. The van der Waals surface area contributed by atoms with Gasteiger partial charge in [-0.3, -0.25) is 9.59 Å². The third kappa shape index (κ3) is 4.38. The van der Waals surface area contributed by atoms with Gasteiger partial charge in [0, 0.05) is 13.5 Å². The minimum Gasteiger partial charge on any atom is -0.385 e. The van der Waals surface area contributed by atoms with E-state index in [1.807, 2.05) is 0 Å². The van der Waals surface area contributed by atoms with Crippen molar-refractivity contribution in [2.24, 2.45) is 0 Å². The lowest BCUT2D eigenvalue weighted by Gasteiger charge is -2.09. The fourth-order valence-electron chi connectivity index (χ4n) is 1.07. The number of aliphatic hydroxyl groups excluding tert-OH is 1. The third-order valence-corrected chi connectivity index (χ3v) is 2.89. The molecular formula is C10H12F2N2O3S. The molecule has 0 aliphatic carbocycles. The average molecular weight is 278 g/mol. The lowest BCUT2D eigenvalue weighted by molar-refractivity contribution is -0.114. The Bertz CT molecular complexity index is 437. The van der Waals surface area contributed by atoms with Gasteiger partial charge in [0.2, 0.25) is 5.91 Å². The van der Waals surface area contributed by atoms with Crippen LogP contribution >= 0.6 is 11.3 Å². The molecule has 1 aromatic heterocycles. The molecule has 0 aliphatic rings.